The third kappa shape index (κ3) is 7.06. The maximum Gasteiger partial charge on any atom is 0.252 e. The third-order valence-corrected chi connectivity index (χ3v) is 17.8. The quantitative estimate of drug-likeness (QED) is 0.162. The Bertz CT molecular complexity index is 3830. The zero-order valence-electron chi connectivity index (χ0n) is 46.3. The number of rotatable bonds is 4. The minimum Gasteiger partial charge on any atom is -0.311 e. The van der Waals surface area contributed by atoms with Crippen LogP contribution in [-0.2, 0) is 27.1 Å². The molecular formula is C72H69BN2. The molecule has 2 aliphatic heterocycles. The Morgan fingerprint density at radius 2 is 0.733 bits per heavy atom. The fourth-order valence-electron chi connectivity index (χ4n) is 13.5. The molecule has 4 aliphatic rings. The van der Waals surface area contributed by atoms with E-state index in [1.165, 1.54) is 128 Å². The first kappa shape index (κ1) is 47.4. The van der Waals surface area contributed by atoms with E-state index >= 15 is 0 Å². The molecule has 370 valence electrons. The second-order valence-corrected chi connectivity index (χ2v) is 26.2. The molecule has 0 N–H and O–H groups in total. The third-order valence-electron chi connectivity index (χ3n) is 17.8. The molecular weight excluding hydrogens is 904 g/mol. The summed E-state index contributed by atoms with van der Waals surface area (Å²) in [5, 5.41) is 0. The van der Waals surface area contributed by atoms with Crippen LogP contribution in [0.2, 0.25) is 0 Å². The minimum atomic E-state index is -0.131. The van der Waals surface area contributed by atoms with E-state index in [2.05, 4.69) is 282 Å². The van der Waals surface area contributed by atoms with E-state index in [1.807, 2.05) is 0 Å². The molecule has 9 aromatic carbocycles. The predicted molar refractivity (Wildman–Crippen MR) is 323 cm³/mol. The Hall–Kier alpha value is -7.36. The van der Waals surface area contributed by atoms with Crippen LogP contribution in [-0.4, -0.2) is 6.71 Å². The zero-order chi connectivity index (χ0) is 52.3. The summed E-state index contributed by atoms with van der Waals surface area (Å²) >= 11 is 0. The summed E-state index contributed by atoms with van der Waals surface area (Å²) in [4.78, 5) is 5.20. The van der Waals surface area contributed by atoms with Crippen LogP contribution in [0.4, 0.5) is 34.1 Å². The fraction of sp³-hybridized carbons (Fsp3) is 0.250. The van der Waals surface area contributed by atoms with E-state index in [1.54, 1.807) is 0 Å². The van der Waals surface area contributed by atoms with Crippen LogP contribution in [0.5, 0.6) is 0 Å². The Kier molecular flexibility index (Phi) is 10.2. The van der Waals surface area contributed by atoms with Crippen molar-refractivity contribution >= 4 is 57.2 Å². The maximum atomic E-state index is 2.61. The van der Waals surface area contributed by atoms with Crippen LogP contribution in [0, 0.1) is 0 Å². The van der Waals surface area contributed by atoms with Gasteiger partial charge in [-0.25, -0.2) is 0 Å². The van der Waals surface area contributed by atoms with E-state index in [0.717, 1.165) is 5.69 Å². The van der Waals surface area contributed by atoms with Gasteiger partial charge in [-0.1, -0.05) is 223 Å². The van der Waals surface area contributed by atoms with Crippen LogP contribution in [0.3, 0.4) is 0 Å². The summed E-state index contributed by atoms with van der Waals surface area (Å²) in [6.45, 7) is 30.6. The van der Waals surface area contributed by atoms with Gasteiger partial charge in [0.1, 0.15) is 0 Å². The van der Waals surface area contributed by atoms with Gasteiger partial charge < -0.3 is 9.80 Å². The number of hydrogen-bond acceptors (Lipinski definition) is 2. The first-order valence-corrected chi connectivity index (χ1v) is 27.4. The number of anilines is 6. The topological polar surface area (TPSA) is 6.48 Å². The van der Waals surface area contributed by atoms with Crippen molar-refractivity contribution in [1.82, 2.24) is 0 Å². The van der Waals surface area contributed by atoms with Crippen molar-refractivity contribution in [2.45, 2.75) is 117 Å². The highest BCUT2D eigenvalue weighted by molar-refractivity contribution is 7.00. The molecule has 0 aromatic heterocycles. The summed E-state index contributed by atoms with van der Waals surface area (Å²) in [6, 6.07) is 70.8. The average Bonchev–Trinajstić information content (AvgIpc) is 3.84. The van der Waals surface area contributed by atoms with E-state index in [4.69, 9.17) is 0 Å². The molecule has 3 heteroatoms. The highest BCUT2D eigenvalue weighted by atomic mass is 15.2. The Balaban J connectivity index is 1.08. The molecule has 0 spiro atoms. The summed E-state index contributed by atoms with van der Waals surface area (Å²) in [5.74, 6) is 0. The summed E-state index contributed by atoms with van der Waals surface area (Å²) in [6.07, 6.45) is 0. The van der Waals surface area contributed by atoms with Crippen molar-refractivity contribution < 1.29 is 0 Å². The number of hydrogen-bond donors (Lipinski definition) is 0. The molecule has 2 aliphatic carbocycles. The van der Waals surface area contributed by atoms with Crippen LogP contribution in [0.1, 0.15) is 129 Å². The van der Waals surface area contributed by atoms with Crippen molar-refractivity contribution in [2.24, 2.45) is 0 Å². The van der Waals surface area contributed by atoms with E-state index < -0.39 is 0 Å². The van der Waals surface area contributed by atoms with Gasteiger partial charge in [-0.15, -0.1) is 0 Å². The number of benzene rings is 9. The van der Waals surface area contributed by atoms with Crippen LogP contribution >= 0.6 is 0 Å². The van der Waals surface area contributed by atoms with E-state index in [9.17, 15) is 0 Å². The molecule has 0 bridgehead atoms. The second-order valence-electron chi connectivity index (χ2n) is 26.2. The van der Waals surface area contributed by atoms with Crippen LogP contribution in [0.15, 0.2) is 182 Å². The zero-order valence-corrected chi connectivity index (χ0v) is 46.3. The molecule has 0 fully saturated rings. The molecule has 9 aromatic rings. The normalized spacial score (nSPS) is 15.4. The number of nitrogens with zero attached hydrogens (tertiary/aromatic N) is 2. The monoisotopic (exact) mass is 973 g/mol. The smallest absolute Gasteiger partial charge is 0.252 e. The lowest BCUT2D eigenvalue weighted by Crippen LogP contribution is -2.61. The van der Waals surface area contributed by atoms with Gasteiger partial charge in [-0.2, -0.15) is 0 Å². The lowest BCUT2D eigenvalue weighted by Gasteiger charge is -2.45. The standard InChI is InChI=1S/C72H69BN2/c1-68(2,3)46-31-36-50(37-32-46)75-62-39-33-47(69(4,5)6)41-60(62)73-59-40-45(52-23-19-27-58-66(52)54-21-15-17-25-56(54)72(58,12)13)30-38-61(59)74(63-42-48(70(7,8)9)43-64(75)67(63)73)49-34-28-44(29-35-49)51-22-18-26-57-65(51)53-20-14-16-24-55(53)71(57,10)11/h14-43H,1-13H3. The minimum absolute atomic E-state index is 0.0339. The first-order chi connectivity index (χ1) is 35.6. The van der Waals surface area contributed by atoms with Crippen LogP contribution < -0.4 is 26.2 Å². The highest BCUT2D eigenvalue weighted by Gasteiger charge is 2.46. The maximum absolute atomic E-state index is 2.61. The molecule has 13 rings (SSSR count). The van der Waals surface area contributed by atoms with Gasteiger partial charge in [-0.05, 0) is 165 Å². The van der Waals surface area contributed by atoms with Gasteiger partial charge in [0.25, 0.3) is 6.71 Å². The Morgan fingerprint density at radius 3 is 1.24 bits per heavy atom. The first-order valence-electron chi connectivity index (χ1n) is 27.4. The molecule has 75 heavy (non-hydrogen) atoms. The molecule has 0 amide bonds. The van der Waals surface area contributed by atoms with Gasteiger partial charge in [-0.3, -0.25) is 0 Å². The molecule has 2 heterocycles. The van der Waals surface area contributed by atoms with Crippen LogP contribution in [0.25, 0.3) is 44.5 Å². The summed E-state index contributed by atoms with van der Waals surface area (Å²) in [5.41, 5.74) is 31.0. The Labute approximate surface area is 447 Å². The van der Waals surface area contributed by atoms with Crippen molar-refractivity contribution in [3.63, 3.8) is 0 Å². The molecule has 0 unspecified atom stereocenters. The SMILES string of the molecule is CC(C)(C)c1ccc(N2c3ccc(C(C)(C)C)cc3B3c4cc(-c5cccc6c5-c5ccccc5C6(C)C)ccc4N(c4ccc(-c5cccc6c5-c5ccccc5C6(C)C)cc4)c4cc(C(C)(C)C)cc2c43)cc1. The predicted octanol–water partition coefficient (Wildman–Crippen LogP) is 17.6. The van der Waals surface area contributed by atoms with Crippen molar-refractivity contribution in [3.05, 3.63) is 221 Å². The number of fused-ring (bicyclic) bond motifs is 10. The van der Waals surface area contributed by atoms with Gasteiger partial charge in [0, 0.05) is 45.0 Å². The summed E-state index contributed by atoms with van der Waals surface area (Å²) < 4.78 is 0. The highest BCUT2D eigenvalue weighted by Crippen LogP contribution is 2.55. The van der Waals surface area contributed by atoms with Crippen molar-refractivity contribution in [3.8, 4) is 44.5 Å². The summed E-state index contributed by atoms with van der Waals surface area (Å²) in [7, 11) is 0. The lowest BCUT2D eigenvalue weighted by molar-refractivity contribution is 0.589. The average molecular weight is 973 g/mol. The fourth-order valence-corrected chi connectivity index (χ4v) is 13.5. The van der Waals surface area contributed by atoms with Crippen molar-refractivity contribution in [1.29, 1.82) is 0 Å². The molecule has 0 saturated heterocycles. The van der Waals surface area contributed by atoms with Gasteiger partial charge in [0.15, 0.2) is 0 Å². The Morgan fingerprint density at radius 1 is 0.333 bits per heavy atom. The van der Waals surface area contributed by atoms with Crippen molar-refractivity contribution in [2.75, 3.05) is 9.80 Å². The van der Waals surface area contributed by atoms with Gasteiger partial charge in [0.05, 0.1) is 0 Å². The molecule has 2 nitrogen and oxygen atoms in total. The second kappa shape index (κ2) is 16.1. The molecule has 0 atom stereocenters. The molecule has 0 saturated carbocycles. The van der Waals surface area contributed by atoms with E-state index in [-0.39, 0.29) is 33.8 Å². The molecule has 0 radical (unpaired) electrons. The van der Waals surface area contributed by atoms with E-state index in [0.29, 0.717) is 0 Å². The van der Waals surface area contributed by atoms with Gasteiger partial charge >= 0.3 is 0 Å². The lowest BCUT2D eigenvalue weighted by atomic mass is 9.33. The van der Waals surface area contributed by atoms with Gasteiger partial charge in [0.2, 0.25) is 0 Å². The largest absolute Gasteiger partial charge is 0.311 e.